The second-order valence-corrected chi connectivity index (χ2v) is 4.61. The minimum atomic E-state index is -0.946. The van der Waals surface area contributed by atoms with Crippen LogP contribution in [0.25, 0.3) is 0 Å². The summed E-state index contributed by atoms with van der Waals surface area (Å²) in [5.74, 6) is -0.960. The first-order chi connectivity index (χ1) is 7.25. The normalized spacial score (nSPS) is 9.29. The van der Waals surface area contributed by atoms with Crippen LogP contribution in [-0.4, -0.2) is 11.9 Å². The van der Waals surface area contributed by atoms with E-state index in [1.165, 1.54) is 0 Å². The first-order valence-electron chi connectivity index (χ1n) is 5.65. The molecule has 0 saturated heterocycles. The molecule has 0 aromatic carbocycles. The third kappa shape index (κ3) is 31.3. The van der Waals surface area contributed by atoms with Crippen LogP contribution in [0.2, 0.25) is 0 Å². The molecule has 0 radical (unpaired) electrons. The molecule has 0 fully saturated rings. The van der Waals surface area contributed by atoms with Crippen LogP contribution >= 0.6 is 0 Å². The van der Waals surface area contributed by atoms with Gasteiger partial charge >= 0.3 is 16.5 Å². The number of carbonyl (C=O) groups is 2. The van der Waals surface area contributed by atoms with Crippen LogP contribution in [0.4, 0.5) is 0 Å². The van der Waals surface area contributed by atoms with Crippen LogP contribution in [0, 0.1) is 11.8 Å². The maximum absolute atomic E-state index is 9.79. The van der Waals surface area contributed by atoms with Gasteiger partial charge in [-0.05, 0) is 37.5 Å². The Morgan fingerprint density at radius 2 is 1.06 bits per heavy atom. The molecule has 104 valence electrons. The Morgan fingerprint density at radius 3 is 1.12 bits per heavy atom. The first-order valence-corrected chi connectivity index (χ1v) is 5.65. The van der Waals surface area contributed by atoms with Crippen LogP contribution in [0.1, 0.15) is 53.4 Å². The summed E-state index contributed by atoms with van der Waals surface area (Å²) < 4.78 is 0. The van der Waals surface area contributed by atoms with Crippen LogP contribution in [0.15, 0.2) is 0 Å². The molecule has 0 saturated carbocycles. The van der Waals surface area contributed by atoms with Gasteiger partial charge in [0.15, 0.2) is 0 Å². The summed E-state index contributed by atoms with van der Waals surface area (Å²) in [7, 11) is 0. The van der Waals surface area contributed by atoms with E-state index in [4.69, 9.17) is 0 Å². The molecule has 0 atom stereocenters. The van der Waals surface area contributed by atoms with Crippen molar-refractivity contribution >= 4 is 11.9 Å². The molecule has 0 spiro atoms. The second kappa shape index (κ2) is 13.5. The van der Waals surface area contributed by atoms with Gasteiger partial charge in [0.2, 0.25) is 0 Å². The number of aliphatic carboxylic acids is 2. The maximum atomic E-state index is 9.79. The Labute approximate surface area is 114 Å². The van der Waals surface area contributed by atoms with Crippen molar-refractivity contribution in [2.24, 2.45) is 11.8 Å². The summed E-state index contributed by atoms with van der Waals surface area (Å²) in [4.78, 5) is 19.6. The minimum Gasteiger partial charge on any atom is -0.550 e. The summed E-state index contributed by atoms with van der Waals surface area (Å²) in [6.45, 7) is 7.96. The third-order valence-corrected chi connectivity index (χ3v) is 1.85. The van der Waals surface area contributed by atoms with E-state index < -0.39 is 11.9 Å². The van der Waals surface area contributed by atoms with E-state index in [1.54, 1.807) is 0 Å². The monoisotopic (exact) mass is 288 g/mol. The van der Waals surface area contributed by atoms with Crippen molar-refractivity contribution in [3.8, 4) is 0 Å². The maximum Gasteiger partial charge on any atom is 2.00 e. The molecule has 0 bridgehead atoms. The molecule has 0 aromatic heterocycles. The van der Waals surface area contributed by atoms with Crippen LogP contribution in [0.5, 0.6) is 0 Å². The van der Waals surface area contributed by atoms with Crippen LogP contribution in [-0.2, 0) is 26.1 Å². The van der Waals surface area contributed by atoms with Gasteiger partial charge in [0.1, 0.15) is 0 Å². The fourth-order valence-electron chi connectivity index (χ4n) is 0.813. The van der Waals surface area contributed by atoms with Crippen molar-refractivity contribution in [2.45, 2.75) is 53.4 Å². The van der Waals surface area contributed by atoms with Crippen molar-refractivity contribution in [1.29, 1.82) is 0 Å². The Hall–Kier alpha value is -0.566. The number of carbonyl (C=O) groups excluding carboxylic acids is 2. The van der Waals surface area contributed by atoms with Gasteiger partial charge in [-0.1, -0.05) is 27.7 Å². The topological polar surface area (TPSA) is 80.3 Å². The first kappa shape index (κ1) is 21.7. The third-order valence-electron chi connectivity index (χ3n) is 1.85. The predicted molar refractivity (Wildman–Crippen MR) is 58.2 cm³/mol. The molecule has 0 aliphatic heterocycles. The van der Waals surface area contributed by atoms with E-state index in [0.29, 0.717) is 11.8 Å². The van der Waals surface area contributed by atoms with Gasteiger partial charge in [-0.2, -0.15) is 0 Å². The Kier molecular flexibility index (Phi) is 17.2. The van der Waals surface area contributed by atoms with Gasteiger partial charge < -0.3 is 19.8 Å². The van der Waals surface area contributed by atoms with E-state index in [0.717, 1.165) is 12.8 Å². The number of carboxylic acid groups (broad SMARTS) is 2. The van der Waals surface area contributed by atoms with Crippen molar-refractivity contribution in [2.75, 3.05) is 0 Å². The van der Waals surface area contributed by atoms with Crippen LogP contribution < -0.4 is 10.2 Å². The summed E-state index contributed by atoms with van der Waals surface area (Å²) in [6, 6.07) is 0. The smallest absolute Gasteiger partial charge is 0.550 e. The molecule has 4 nitrogen and oxygen atoms in total. The van der Waals surface area contributed by atoms with E-state index in [-0.39, 0.29) is 29.3 Å². The van der Waals surface area contributed by atoms with Gasteiger partial charge in [0.05, 0.1) is 0 Å². The molecular formula is C12H22NiO4. The van der Waals surface area contributed by atoms with Gasteiger partial charge in [0.25, 0.3) is 0 Å². The Morgan fingerprint density at radius 1 is 0.824 bits per heavy atom. The zero-order chi connectivity index (χ0) is 13.1. The number of carboxylic acids is 2. The molecule has 0 N–H and O–H groups in total. The molecule has 0 heterocycles. The average molecular weight is 289 g/mol. The van der Waals surface area contributed by atoms with Gasteiger partial charge in [-0.3, -0.25) is 0 Å². The standard InChI is InChI=1S/2C6H12O2.Ni/c2*1-5(2)3-4-6(7)8;/h2*5H,3-4H2,1-2H3,(H,7,8);/q;;+2/p-2. The summed E-state index contributed by atoms with van der Waals surface area (Å²) in [6.07, 6.45) is 1.83. The van der Waals surface area contributed by atoms with Crippen molar-refractivity contribution < 1.29 is 36.3 Å². The summed E-state index contributed by atoms with van der Waals surface area (Å²) in [5, 5.41) is 19.6. The molecule has 0 aliphatic carbocycles. The fourth-order valence-corrected chi connectivity index (χ4v) is 0.813. The number of hydrogen-bond acceptors (Lipinski definition) is 4. The van der Waals surface area contributed by atoms with E-state index in [9.17, 15) is 19.8 Å². The second-order valence-electron chi connectivity index (χ2n) is 4.61. The molecule has 0 rings (SSSR count). The number of hydrogen-bond donors (Lipinski definition) is 0. The van der Waals surface area contributed by atoms with Gasteiger partial charge in [0, 0.05) is 11.9 Å². The van der Waals surface area contributed by atoms with Crippen molar-refractivity contribution in [3.05, 3.63) is 0 Å². The van der Waals surface area contributed by atoms with Crippen molar-refractivity contribution in [1.82, 2.24) is 0 Å². The SMILES string of the molecule is CC(C)CCC(=O)[O-].CC(C)CCC(=O)[O-].[Ni+2]. The predicted octanol–water partition coefficient (Wildman–Crippen LogP) is 0.343. The fraction of sp³-hybridized carbons (Fsp3) is 0.833. The Balaban J connectivity index is -0.000000218. The minimum absolute atomic E-state index is 0. The summed E-state index contributed by atoms with van der Waals surface area (Å²) in [5.41, 5.74) is 0. The zero-order valence-corrected chi connectivity index (χ0v) is 11.9. The number of rotatable bonds is 6. The Bertz CT molecular complexity index is 181. The summed E-state index contributed by atoms with van der Waals surface area (Å²) >= 11 is 0. The van der Waals surface area contributed by atoms with E-state index >= 15 is 0 Å². The molecule has 5 heteroatoms. The van der Waals surface area contributed by atoms with E-state index in [1.807, 2.05) is 27.7 Å². The molecule has 0 aromatic rings. The molecule has 0 aliphatic rings. The van der Waals surface area contributed by atoms with E-state index in [2.05, 4.69) is 0 Å². The zero-order valence-electron chi connectivity index (χ0n) is 10.9. The van der Waals surface area contributed by atoms with Gasteiger partial charge in [-0.25, -0.2) is 0 Å². The average Bonchev–Trinajstić information content (AvgIpc) is 2.12. The molecule has 17 heavy (non-hydrogen) atoms. The molecule has 0 amide bonds. The largest absolute Gasteiger partial charge is 2.00 e. The van der Waals surface area contributed by atoms with Gasteiger partial charge in [-0.15, -0.1) is 0 Å². The quantitative estimate of drug-likeness (QED) is 0.660. The molecular weight excluding hydrogens is 267 g/mol. The van der Waals surface area contributed by atoms with Crippen LogP contribution in [0.3, 0.4) is 0 Å². The molecule has 0 unspecified atom stereocenters. The van der Waals surface area contributed by atoms with Crippen molar-refractivity contribution in [3.63, 3.8) is 0 Å².